The van der Waals surface area contributed by atoms with Crippen LogP contribution in [-0.4, -0.2) is 38.6 Å². The minimum absolute atomic E-state index is 0.00609. The maximum absolute atomic E-state index is 12.2. The zero-order valence-electron chi connectivity index (χ0n) is 13.2. The first-order valence-corrected chi connectivity index (χ1v) is 8.13. The number of rotatable bonds is 7. The third kappa shape index (κ3) is 4.32. The molecule has 1 heterocycles. The number of benzene rings is 1. The maximum atomic E-state index is 12.2. The Morgan fingerprint density at radius 1 is 1.32 bits per heavy atom. The largest absolute Gasteiger partial charge is 0.496 e. The van der Waals surface area contributed by atoms with Crippen LogP contribution in [0.1, 0.15) is 17.2 Å². The van der Waals surface area contributed by atoms with Gasteiger partial charge in [0.1, 0.15) is 5.75 Å². The van der Waals surface area contributed by atoms with Gasteiger partial charge in [-0.2, -0.15) is 11.3 Å². The van der Waals surface area contributed by atoms with E-state index in [1.165, 1.54) is 5.56 Å². The van der Waals surface area contributed by atoms with Gasteiger partial charge in [0.15, 0.2) is 0 Å². The van der Waals surface area contributed by atoms with Gasteiger partial charge in [-0.15, -0.1) is 0 Å². The molecule has 1 amide bonds. The summed E-state index contributed by atoms with van der Waals surface area (Å²) in [7, 11) is 5.67. The number of likely N-dealkylation sites (N-methyl/N-ethyl adjacent to an activating group) is 1. The quantitative estimate of drug-likeness (QED) is 0.853. The van der Waals surface area contributed by atoms with Crippen LogP contribution in [0.15, 0.2) is 41.1 Å². The number of ether oxygens (including phenoxy) is 1. The molecule has 0 saturated carbocycles. The van der Waals surface area contributed by atoms with E-state index in [1.807, 2.05) is 38.4 Å². The minimum Gasteiger partial charge on any atom is -0.496 e. The van der Waals surface area contributed by atoms with Gasteiger partial charge in [0.2, 0.25) is 5.91 Å². The lowest BCUT2D eigenvalue weighted by Crippen LogP contribution is -2.35. The molecule has 0 radical (unpaired) electrons. The maximum Gasteiger partial charge on any atom is 0.224 e. The van der Waals surface area contributed by atoms with Crippen LogP contribution in [0.5, 0.6) is 5.75 Å². The summed E-state index contributed by atoms with van der Waals surface area (Å²) in [6, 6.07) is 9.89. The number of nitrogens with zero attached hydrogens (tertiary/aromatic N) is 1. The highest BCUT2D eigenvalue weighted by molar-refractivity contribution is 7.07. The van der Waals surface area contributed by atoms with Gasteiger partial charge in [-0.1, -0.05) is 18.2 Å². The van der Waals surface area contributed by atoms with Crippen molar-refractivity contribution < 1.29 is 9.53 Å². The van der Waals surface area contributed by atoms with Crippen molar-refractivity contribution in [3.05, 3.63) is 52.2 Å². The molecule has 22 heavy (non-hydrogen) atoms. The molecule has 1 aromatic heterocycles. The highest BCUT2D eigenvalue weighted by Gasteiger charge is 2.16. The van der Waals surface area contributed by atoms with Gasteiger partial charge in [0, 0.05) is 12.1 Å². The van der Waals surface area contributed by atoms with Crippen LogP contribution >= 0.6 is 11.3 Å². The van der Waals surface area contributed by atoms with Crippen molar-refractivity contribution in [3.63, 3.8) is 0 Å². The molecule has 2 aromatic rings. The van der Waals surface area contributed by atoms with Crippen molar-refractivity contribution in [1.29, 1.82) is 0 Å². The summed E-state index contributed by atoms with van der Waals surface area (Å²) >= 11 is 1.67. The molecule has 1 N–H and O–H groups in total. The molecule has 0 saturated heterocycles. The van der Waals surface area contributed by atoms with Crippen molar-refractivity contribution in [2.45, 2.75) is 12.5 Å². The third-order valence-corrected chi connectivity index (χ3v) is 4.29. The highest BCUT2D eigenvalue weighted by Crippen LogP contribution is 2.20. The molecule has 1 atom stereocenters. The Morgan fingerprint density at radius 2 is 2.09 bits per heavy atom. The van der Waals surface area contributed by atoms with E-state index in [1.54, 1.807) is 18.4 Å². The fraction of sp³-hybridized carbons (Fsp3) is 0.353. The monoisotopic (exact) mass is 318 g/mol. The van der Waals surface area contributed by atoms with Crippen LogP contribution < -0.4 is 10.1 Å². The zero-order chi connectivity index (χ0) is 15.9. The van der Waals surface area contributed by atoms with E-state index in [2.05, 4.69) is 27.0 Å². The zero-order valence-corrected chi connectivity index (χ0v) is 14.0. The Kier molecular flexibility index (Phi) is 5.98. The summed E-state index contributed by atoms with van der Waals surface area (Å²) in [4.78, 5) is 14.3. The van der Waals surface area contributed by atoms with Crippen LogP contribution in [0.3, 0.4) is 0 Å². The van der Waals surface area contributed by atoms with Crippen LogP contribution in [0, 0.1) is 0 Å². The van der Waals surface area contributed by atoms with Crippen LogP contribution in [0.25, 0.3) is 0 Å². The Bertz CT molecular complexity index is 596. The van der Waals surface area contributed by atoms with Gasteiger partial charge >= 0.3 is 0 Å². The van der Waals surface area contributed by atoms with Crippen LogP contribution in [-0.2, 0) is 11.2 Å². The lowest BCUT2D eigenvalue weighted by Gasteiger charge is -2.24. The predicted molar refractivity (Wildman–Crippen MR) is 90.5 cm³/mol. The molecule has 0 spiro atoms. The van der Waals surface area contributed by atoms with Gasteiger partial charge in [0.25, 0.3) is 0 Å². The standard InChI is InChI=1S/C17H22N2O2S/c1-19(2)15(14-8-9-22-12-14)11-18-17(20)10-13-6-4-5-7-16(13)21-3/h4-9,12,15H,10-11H2,1-3H3,(H,18,20)/t15-/m0/s1. The van der Waals surface area contributed by atoms with Gasteiger partial charge < -0.3 is 15.0 Å². The molecule has 118 valence electrons. The lowest BCUT2D eigenvalue weighted by molar-refractivity contribution is -0.120. The second-order valence-corrected chi connectivity index (χ2v) is 6.11. The van der Waals surface area contributed by atoms with E-state index in [-0.39, 0.29) is 11.9 Å². The Balaban J connectivity index is 1.94. The van der Waals surface area contributed by atoms with E-state index in [4.69, 9.17) is 4.74 Å². The van der Waals surface area contributed by atoms with Crippen molar-refractivity contribution >= 4 is 17.2 Å². The number of amides is 1. The fourth-order valence-electron chi connectivity index (χ4n) is 2.36. The summed E-state index contributed by atoms with van der Waals surface area (Å²) in [5, 5.41) is 7.20. The molecular weight excluding hydrogens is 296 g/mol. The van der Waals surface area contributed by atoms with E-state index >= 15 is 0 Å². The molecular formula is C17H22N2O2S. The molecule has 0 aliphatic rings. The first-order chi connectivity index (χ1) is 10.6. The summed E-state index contributed by atoms with van der Waals surface area (Å²) in [5.41, 5.74) is 2.13. The average Bonchev–Trinajstić information content (AvgIpc) is 3.01. The Hall–Kier alpha value is -1.85. The molecule has 0 fully saturated rings. The van der Waals surface area contributed by atoms with Gasteiger partial charge in [0.05, 0.1) is 19.6 Å². The topological polar surface area (TPSA) is 41.6 Å². The smallest absolute Gasteiger partial charge is 0.224 e. The molecule has 4 nitrogen and oxygen atoms in total. The van der Waals surface area contributed by atoms with Crippen LogP contribution in [0.2, 0.25) is 0 Å². The van der Waals surface area contributed by atoms with Crippen molar-refractivity contribution in [3.8, 4) is 5.75 Å². The van der Waals surface area contributed by atoms with Gasteiger partial charge in [-0.3, -0.25) is 4.79 Å². The first kappa shape index (κ1) is 16.5. The number of nitrogens with one attached hydrogen (secondary N) is 1. The molecule has 0 unspecified atom stereocenters. The summed E-state index contributed by atoms with van der Waals surface area (Å²) in [6.45, 7) is 0.595. The second kappa shape index (κ2) is 7.96. The molecule has 0 bridgehead atoms. The molecule has 0 aliphatic heterocycles. The van der Waals surface area contributed by atoms with Crippen molar-refractivity contribution in [2.24, 2.45) is 0 Å². The fourth-order valence-corrected chi connectivity index (χ4v) is 3.07. The summed E-state index contributed by atoms with van der Waals surface area (Å²) in [5.74, 6) is 0.756. The van der Waals surface area contributed by atoms with E-state index in [0.717, 1.165) is 11.3 Å². The first-order valence-electron chi connectivity index (χ1n) is 7.19. The van der Waals surface area contributed by atoms with E-state index < -0.39 is 0 Å². The van der Waals surface area contributed by atoms with Crippen molar-refractivity contribution in [1.82, 2.24) is 10.2 Å². The molecule has 5 heteroatoms. The number of carbonyl (C=O) groups excluding carboxylic acids is 1. The lowest BCUT2D eigenvalue weighted by atomic mass is 10.1. The van der Waals surface area contributed by atoms with Gasteiger partial charge in [-0.25, -0.2) is 0 Å². The number of hydrogen-bond donors (Lipinski definition) is 1. The second-order valence-electron chi connectivity index (χ2n) is 5.33. The third-order valence-electron chi connectivity index (χ3n) is 3.59. The SMILES string of the molecule is COc1ccccc1CC(=O)NC[C@@H](c1ccsc1)N(C)C. The number of para-hydroxylation sites is 1. The van der Waals surface area contributed by atoms with E-state index in [0.29, 0.717) is 13.0 Å². The molecule has 1 aromatic carbocycles. The molecule has 2 rings (SSSR count). The Morgan fingerprint density at radius 3 is 2.73 bits per heavy atom. The number of carbonyl (C=O) groups is 1. The predicted octanol–water partition coefficient (Wildman–Crippen LogP) is 2.72. The minimum atomic E-state index is 0.00609. The van der Waals surface area contributed by atoms with Crippen LogP contribution in [0.4, 0.5) is 0 Å². The Labute approximate surface area is 135 Å². The number of methoxy groups -OCH3 is 1. The highest BCUT2D eigenvalue weighted by atomic mass is 32.1. The van der Waals surface area contributed by atoms with Crippen molar-refractivity contribution in [2.75, 3.05) is 27.7 Å². The summed E-state index contributed by atoms with van der Waals surface area (Å²) < 4.78 is 5.28. The number of hydrogen-bond acceptors (Lipinski definition) is 4. The average molecular weight is 318 g/mol. The van der Waals surface area contributed by atoms with Gasteiger partial charge in [-0.05, 0) is 42.6 Å². The molecule has 0 aliphatic carbocycles. The normalized spacial score (nSPS) is 12.2. The van der Waals surface area contributed by atoms with E-state index in [9.17, 15) is 4.79 Å². The summed E-state index contributed by atoms with van der Waals surface area (Å²) in [6.07, 6.45) is 0.327. The number of thiophene rings is 1.